The summed E-state index contributed by atoms with van der Waals surface area (Å²) in [6.45, 7) is 4.38. The number of aliphatic hydroxyl groups excluding tert-OH is 1. The Morgan fingerprint density at radius 2 is 1.96 bits per heavy atom. The van der Waals surface area contributed by atoms with E-state index in [0.717, 1.165) is 0 Å². The molecule has 2 rings (SSSR count). The Morgan fingerprint density at radius 1 is 1.24 bits per heavy atom. The summed E-state index contributed by atoms with van der Waals surface area (Å²) in [5, 5.41) is 10.6. The fraction of sp³-hybridized carbons (Fsp3) is 0.444. The molecule has 1 aliphatic rings. The lowest BCUT2D eigenvalue weighted by molar-refractivity contribution is -0.126. The number of benzene rings is 1. The van der Waals surface area contributed by atoms with Gasteiger partial charge in [-0.15, -0.1) is 0 Å². The van der Waals surface area contributed by atoms with Crippen molar-refractivity contribution < 1.29 is 28.9 Å². The highest BCUT2D eigenvalue weighted by Gasteiger charge is 2.38. The van der Waals surface area contributed by atoms with Crippen LogP contribution in [-0.4, -0.2) is 61.4 Å². The number of nitrogens with zero attached hydrogens (tertiary/aromatic N) is 1. The molecule has 0 radical (unpaired) electrons. The third-order valence-electron chi connectivity index (χ3n) is 3.80. The largest absolute Gasteiger partial charge is 0.506 e. The maximum atomic E-state index is 12.4. The lowest BCUT2D eigenvalue weighted by Gasteiger charge is -2.18. The van der Waals surface area contributed by atoms with Gasteiger partial charge in [-0.1, -0.05) is 12.1 Å². The lowest BCUT2D eigenvalue weighted by Crippen LogP contribution is -2.32. The molecule has 0 bridgehead atoms. The van der Waals surface area contributed by atoms with E-state index in [9.17, 15) is 14.7 Å². The fourth-order valence-electron chi connectivity index (χ4n) is 2.45. The number of hydrogen-bond acceptors (Lipinski definition) is 6. The van der Waals surface area contributed by atoms with E-state index in [1.165, 1.54) is 4.90 Å². The number of rotatable bonds is 8. The molecule has 0 saturated carbocycles. The Kier molecular flexibility index (Phi) is 6.55. The molecule has 1 N–H and O–H groups in total. The third kappa shape index (κ3) is 4.37. The van der Waals surface area contributed by atoms with Crippen molar-refractivity contribution in [2.45, 2.75) is 19.9 Å². The predicted octanol–water partition coefficient (Wildman–Crippen LogP) is 1.77. The van der Waals surface area contributed by atoms with Gasteiger partial charge in [-0.3, -0.25) is 9.59 Å². The maximum absolute atomic E-state index is 12.4. The molecule has 1 fully saturated rings. The van der Waals surface area contributed by atoms with Crippen molar-refractivity contribution in [3.63, 3.8) is 0 Å². The molecule has 0 aromatic heterocycles. The van der Waals surface area contributed by atoms with Gasteiger partial charge < -0.3 is 24.2 Å². The van der Waals surface area contributed by atoms with Gasteiger partial charge in [-0.05, 0) is 26.0 Å². The maximum Gasteiger partial charge on any atom is 0.262 e. The molecule has 0 aliphatic carbocycles. The number of methoxy groups -OCH3 is 1. The first-order valence-corrected chi connectivity index (χ1v) is 8.03. The molecule has 1 saturated heterocycles. The molecule has 1 amide bonds. The second-order valence-corrected chi connectivity index (χ2v) is 5.83. The van der Waals surface area contributed by atoms with Crippen LogP contribution in [0.4, 0.5) is 0 Å². The first kappa shape index (κ1) is 19.0. The van der Waals surface area contributed by atoms with E-state index in [1.54, 1.807) is 31.4 Å². The molecular formula is C18H23NO6. The van der Waals surface area contributed by atoms with Crippen LogP contribution in [0.2, 0.25) is 0 Å². The Bertz CT molecular complexity index is 667. The number of likely N-dealkylation sites (tertiary alicyclic amines) is 1. The van der Waals surface area contributed by atoms with E-state index >= 15 is 0 Å². The van der Waals surface area contributed by atoms with Crippen LogP contribution < -0.4 is 4.74 Å². The van der Waals surface area contributed by atoms with E-state index in [-0.39, 0.29) is 36.3 Å². The molecule has 1 heterocycles. The topological polar surface area (TPSA) is 85.3 Å². The van der Waals surface area contributed by atoms with Gasteiger partial charge in [0.1, 0.15) is 17.1 Å². The van der Waals surface area contributed by atoms with Crippen LogP contribution in [0.25, 0.3) is 5.76 Å². The zero-order chi connectivity index (χ0) is 18.4. The Morgan fingerprint density at radius 3 is 2.60 bits per heavy atom. The van der Waals surface area contributed by atoms with E-state index < -0.39 is 11.7 Å². The van der Waals surface area contributed by atoms with Gasteiger partial charge in [0.25, 0.3) is 5.91 Å². The SMILES string of the molecule is COCCOCOc1ccccc1/C(O)=C1/C(=O)CN(C(C)C)C1=O. The van der Waals surface area contributed by atoms with Crippen LogP contribution in [0.5, 0.6) is 5.75 Å². The summed E-state index contributed by atoms with van der Waals surface area (Å²) in [6.07, 6.45) is 0. The summed E-state index contributed by atoms with van der Waals surface area (Å²) >= 11 is 0. The number of ketones is 1. The number of hydrogen-bond donors (Lipinski definition) is 1. The van der Waals surface area contributed by atoms with Crippen LogP contribution >= 0.6 is 0 Å². The van der Waals surface area contributed by atoms with Gasteiger partial charge in [0, 0.05) is 13.2 Å². The summed E-state index contributed by atoms with van der Waals surface area (Å²) in [6, 6.07) is 6.52. The zero-order valence-electron chi connectivity index (χ0n) is 14.7. The molecule has 25 heavy (non-hydrogen) atoms. The highest BCUT2D eigenvalue weighted by Crippen LogP contribution is 2.30. The van der Waals surface area contributed by atoms with Crippen molar-refractivity contribution in [2.75, 3.05) is 33.7 Å². The van der Waals surface area contributed by atoms with Crippen LogP contribution in [-0.2, 0) is 19.1 Å². The van der Waals surface area contributed by atoms with Crippen LogP contribution in [0, 0.1) is 0 Å². The predicted molar refractivity (Wildman–Crippen MR) is 91.2 cm³/mol. The highest BCUT2D eigenvalue weighted by atomic mass is 16.7. The minimum absolute atomic E-state index is 0.0287. The normalized spacial score (nSPS) is 16.7. The minimum Gasteiger partial charge on any atom is -0.506 e. The van der Waals surface area contributed by atoms with Crippen molar-refractivity contribution in [1.82, 2.24) is 4.90 Å². The number of para-hydroxylation sites is 1. The van der Waals surface area contributed by atoms with E-state index in [2.05, 4.69) is 0 Å². The van der Waals surface area contributed by atoms with Gasteiger partial charge in [-0.2, -0.15) is 0 Å². The summed E-state index contributed by atoms with van der Waals surface area (Å²) < 4.78 is 15.6. The van der Waals surface area contributed by atoms with Gasteiger partial charge in [0.15, 0.2) is 12.6 Å². The van der Waals surface area contributed by atoms with Gasteiger partial charge in [0.05, 0.1) is 25.3 Å². The molecule has 7 heteroatoms. The molecular weight excluding hydrogens is 326 g/mol. The number of Topliss-reactive ketones (excluding diaryl/α,β-unsaturated/α-hetero) is 1. The third-order valence-corrected chi connectivity index (χ3v) is 3.80. The highest BCUT2D eigenvalue weighted by molar-refractivity contribution is 6.28. The molecule has 1 aromatic rings. The van der Waals surface area contributed by atoms with E-state index in [1.807, 2.05) is 13.8 Å². The molecule has 7 nitrogen and oxygen atoms in total. The average Bonchev–Trinajstić information content (AvgIpc) is 2.89. The smallest absolute Gasteiger partial charge is 0.262 e. The molecule has 136 valence electrons. The Balaban J connectivity index is 2.23. The second-order valence-electron chi connectivity index (χ2n) is 5.83. The standard InChI is InChI=1S/C18H23NO6/c1-12(2)19-10-14(20)16(18(19)22)17(21)13-6-4-5-7-15(13)25-11-24-9-8-23-3/h4-7,12,21H,8-11H2,1-3H3/b17-16+. The number of amides is 1. The average molecular weight is 349 g/mol. The molecule has 1 aliphatic heterocycles. The van der Waals surface area contributed by atoms with Crippen molar-refractivity contribution in [2.24, 2.45) is 0 Å². The van der Waals surface area contributed by atoms with Gasteiger partial charge >= 0.3 is 0 Å². The number of ether oxygens (including phenoxy) is 3. The number of aliphatic hydroxyl groups is 1. The van der Waals surface area contributed by atoms with Crippen LogP contribution in [0.1, 0.15) is 19.4 Å². The molecule has 0 atom stereocenters. The van der Waals surface area contributed by atoms with Crippen molar-refractivity contribution in [1.29, 1.82) is 0 Å². The molecule has 0 unspecified atom stereocenters. The monoisotopic (exact) mass is 349 g/mol. The van der Waals surface area contributed by atoms with Crippen molar-refractivity contribution >= 4 is 17.4 Å². The quantitative estimate of drug-likeness (QED) is 0.253. The van der Waals surface area contributed by atoms with Crippen LogP contribution in [0.3, 0.4) is 0 Å². The number of carbonyl (C=O) groups excluding carboxylic acids is 2. The summed E-state index contributed by atoms with van der Waals surface area (Å²) in [5.41, 5.74) is 0.0743. The summed E-state index contributed by atoms with van der Waals surface area (Å²) in [5.74, 6) is -0.912. The fourth-order valence-corrected chi connectivity index (χ4v) is 2.45. The minimum atomic E-state index is -0.469. The Hall–Kier alpha value is -2.38. The number of carbonyl (C=O) groups is 2. The molecule has 0 spiro atoms. The first-order valence-electron chi connectivity index (χ1n) is 8.03. The van der Waals surface area contributed by atoms with E-state index in [0.29, 0.717) is 19.0 Å². The Labute approximate surface area is 146 Å². The van der Waals surface area contributed by atoms with Crippen LogP contribution in [0.15, 0.2) is 29.8 Å². The van der Waals surface area contributed by atoms with Gasteiger partial charge in [0.2, 0.25) is 0 Å². The van der Waals surface area contributed by atoms with Gasteiger partial charge in [-0.25, -0.2) is 0 Å². The summed E-state index contributed by atoms with van der Waals surface area (Å²) in [4.78, 5) is 26.0. The van der Waals surface area contributed by atoms with Crippen molar-refractivity contribution in [3.8, 4) is 5.75 Å². The zero-order valence-corrected chi connectivity index (χ0v) is 14.7. The van der Waals surface area contributed by atoms with E-state index in [4.69, 9.17) is 14.2 Å². The second kappa shape index (κ2) is 8.64. The lowest BCUT2D eigenvalue weighted by atomic mass is 10.1. The molecule has 1 aromatic carbocycles. The van der Waals surface area contributed by atoms with Crippen molar-refractivity contribution in [3.05, 3.63) is 35.4 Å². The first-order chi connectivity index (χ1) is 12.0. The summed E-state index contributed by atoms with van der Waals surface area (Å²) in [7, 11) is 1.57.